The predicted molar refractivity (Wildman–Crippen MR) is 284 cm³/mol. The lowest BCUT2D eigenvalue weighted by Gasteiger charge is -2.27. The van der Waals surface area contributed by atoms with Crippen molar-refractivity contribution in [2.24, 2.45) is 0 Å². The minimum atomic E-state index is -1.28. The molecule has 65 heavy (non-hydrogen) atoms. The monoisotopic (exact) mass is 918 g/mol. The Bertz CT molecular complexity index is 986. The lowest BCUT2D eigenvalue weighted by molar-refractivity contribution is -0.132. The molecule has 0 bridgehead atoms. The highest BCUT2D eigenvalue weighted by molar-refractivity contribution is 5.80. The van der Waals surface area contributed by atoms with E-state index in [0.717, 1.165) is 38.5 Å². The van der Waals surface area contributed by atoms with Gasteiger partial charge in [0.05, 0.1) is 18.8 Å². The molecule has 0 saturated carbocycles. The molecule has 0 aliphatic rings. The van der Waals surface area contributed by atoms with Crippen LogP contribution in [0.3, 0.4) is 0 Å². The summed E-state index contributed by atoms with van der Waals surface area (Å²) in [4.78, 5) is 12.6. The first kappa shape index (κ1) is 63.8. The fraction of sp³-hybridized carbons (Fsp3) is 0.915. The maximum atomic E-state index is 12.6. The number of amides is 1. The van der Waals surface area contributed by atoms with E-state index < -0.39 is 36.9 Å². The first-order valence-corrected chi connectivity index (χ1v) is 29.2. The Morgan fingerprint density at radius 3 is 0.923 bits per heavy atom. The average Bonchev–Trinajstić information content (AvgIpc) is 3.31. The minimum Gasteiger partial charge on any atom is -0.394 e. The van der Waals surface area contributed by atoms with Crippen LogP contribution in [0.4, 0.5) is 0 Å². The minimum absolute atomic E-state index is 0.361. The quantitative estimate of drug-likeness (QED) is 0.0308. The molecule has 386 valence electrons. The van der Waals surface area contributed by atoms with E-state index in [9.17, 15) is 25.2 Å². The number of aliphatic hydroxyl groups excluding tert-OH is 4. The Morgan fingerprint density at radius 2 is 0.631 bits per heavy atom. The molecule has 0 spiro atoms. The summed E-state index contributed by atoms with van der Waals surface area (Å²) in [7, 11) is 0. The molecule has 0 rings (SSSR count). The second kappa shape index (κ2) is 53.7. The first-order chi connectivity index (χ1) is 32.0. The van der Waals surface area contributed by atoms with E-state index in [0.29, 0.717) is 12.8 Å². The van der Waals surface area contributed by atoms with Crippen molar-refractivity contribution >= 4 is 5.91 Å². The second-order valence-corrected chi connectivity index (χ2v) is 20.3. The number of carbonyl (C=O) groups excluding carboxylic acids is 1. The number of unbranched alkanes of at least 4 members (excludes halogenated alkanes) is 41. The van der Waals surface area contributed by atoms with Crippen LogP contribution >= 0.6 is 0 Å². The van der Waals surface area contributed by atoms with E-state index in [1.807, 2.05) is 0 Å². The van der Waals surface area contributed by atoms with Crippen LogP contribution < -0.4 is 5.32 Å². The van der Waals surface area contributed by atoms with E-state index in [1.165, 1.54) is 250 Å². The first-order valence-electron chi connectivity index (χ1n) is 29.2. The Hall–Kier alpha value is -1.21. The molecule has 0 aromatic carbocycles. The predicted octanol–water partition coefficient (Wildman–Crippen LogP) is 17.0. The van der Waals surface area contributed by atoms with Gasteiger partial charge in [-0.25, -0.2) is 0 Å². The van der Waals surface area contributed by atoms with Crippen molar-refractivity contribution < 1.29 is 25.2 Å². The van der Waals surface area contributed by atoms with Crippen molar-refractivity contribution in [1.82, 2.24) is 5.32 Å². The molecule has 4 atom stereocenters. The number of rotatable bonds is 54. The summed E-state index contributed by atoms with van der Waals surface area (Å²) in [6.07, 6.45) is 65.4. The topological polar surface area (TPSA) is 110 Å². The van der Waals surface area contributed by atoms with Gasteiger partial charge in [-0.3, -0.25) is 4.79 Å². The van der Waals surface area contributed by atoms with Gasteiger partial charge in [-0.2, -0.15) is 0 Å². The van der Waals surface area contributed by atoms with Gasteiger partial charge in [0, 0.05) is 0 Å². The highest BCUT2D eigenvalue weighted by Crippen LogP contribution is 2.18. The van der Waals surface area contributed by atoms with E-state index in [2.05, 4.69) is 43.5 Å². The number of carbonyl (C=O) groups is 1. The van der Waals surface area contributed by atoms with Crippen LogP contribution in [0.25, 0.3) is 0 Å². The van der Waals surface area contributed by atoms with Crippen molar-refractivity contribution in [3.63, 3.8) is 0 Å². The van der Waals surface area contributed by atoms with E-state index >= 15 is 0 Å². The molecular formula is C59H115NO5. The second-order valence-electron chi connectivity index (χ2n) is 20.3. The van der Waals surface area contributed by atoms with Gasteiger partial charge in [0.1, 0.15) is 12.2 Å². The zero-order valence-electron chi connectivity index (χ0n) is 43.8. The zero-order chi connectivity index (χ0) is 47.4. The van der Waals surface area contributed by atoms with Gasteiger partial charge in [0.25, 0.3) is 0 Å². The van der Waals surface area contributed by atoms with Crippen LogP contribution in [0.1, 0.15) is 316 Å². The Kier molecular flexibility index (Phi) is 52.7. The molecule has 1 amide bonds. The van der Waals surface area contributed by atoms with Crippen LogP contribution in [0.5, 0.6) is 0 Å². The molecule has 0 radical (unpaired) electrons. The van der Waals surface area contributed by atoms with Crippen molar-refractivity contribution in [2.75, 3.05) is 6.61 Å². The fourth-order valence-corrected chi connectivity index (χ4v) is 9.29. The van der Waals surface area contributed by atoms with Crippen LogP contribution in [0.15, 0.2) is 24.3 Å². The Labute approximate surface area is 405 Å². The van der Waals surface area contributed by atoms with E-state index in [1.54, 1.807) is 0 Å². The van der Waals surface area contributed by atoms with Gasteiger partial charge >= 0.3 is 0 Å². The van der Waals surface area contributed by atoms with E-state index in [4.69, 9.17) is 0 Å². The highest BCUT2D eigenvalue weighted by Gasteiger charge is 2.28. The maximum absolute atomic E-state index is 12.6. The van der Waals surface area contributed by atoms with Crippen LogP contribution in [-0.2, 0) is 4.79 Å². The summed E-state index contributed by atoms with van der Waals surface area (Å²) in [6.45, 7) is 4.08. The SMILES string of the molecule is CCCCCCCCCCCCCC/C=C\CCCCCCCCCCC(O)C(=O)NC(CO)C(O)C(O)CCC/C=C/CCCCCCCCCCCCCCCCCCCCCC. The van der Waals surface area contributed by atoms with Crippen molar-refractivity contribution in [2.45, 2.75) is 340 Å². The summed E-state index contributed by atoms with van der Waals surface area (Å²) >= 11 is 0. The number of hydrogen-bond acceptors (Lipinski definition) is 5. The normalized spacial score (nSPS) is 13.9. The van der Waals surface area contributed by atoms with Gasteiger partial charge in [0.2, 0.25) is 5.91 Å². The highest BCUT2D eigenvalue weighted by atomic mass is 16.3. The molecule has 4 unspecified atom stereocenters. The third-order valence-electron chi connectivity index (χ3n) is 13.9. The maximum Gasteiger partial charge on any atom is 0.249 e. The third kappa shape index (κ3) is 47.6. The number of allylic oxidation sites excluding steroid dienone is 4. The third-order valence-corrected chi connectivity index (χ3v) is 13.9. The van der Waals surface area contributed by atoms with Crippen molar-refractivity contribution in [3.8, 4) is 0 Å². The largest absolute Gasteiger partial charge is 0.394 e. The molecule has 0 heterocycles. The molecule has 6 heteroatoms. The molecule has 0 aromatic heterocycles. The van der Waals surface area contributed by atoms with Crippen LogP contribution in [0.2, 0.25) is 0 Å². The lowest BCUT2D eigenvalue weighted by Crippen LogP contribution is -2.53. The molecular weight excluding hydrogens is 803 g/mol. The fourth-order valence-electron chi connectivity index (χ4n) is 9.29. The average molecular weight is 919 g/mol. The van der Waals surface area contributed by atoms with Crippen molar-refractivity contribution in [3.05, 3.63) is 24.3 Å². The Balaban J connectivity index is 3.64. The van der Waals surface area contributed by atoms with Crippen LogP contribution in [0, 0.1) is 0 Å². The molecule has 0 aliphatic heterocycles. The number of aliphatic hydroxyl groups is 4. The summed E-state index contributed by atoms with van der Waals surface area (Å²) in [6, 6.07) is -1.00. The smallest absolute Gasteiger partial charge is 0.249 e. The van der Waals surface area contributed by atoms with Crippen LogP contribution in [-0.4, -0.2) is 57.3 Å². The molecule has 0 aromatic rings. The Morgan fingerprint density at radius 1 is 0.369 bits per heavy atom. The summed E-state index contributed by atoms with van der Waals surface area (Å²) < 4.78 is 0. The van der Waals surface area contributed by atoms with Gasteiger partial charge in [-0.1, -0.05) is 276 Å². The molecule has 0 aliphatic carbocycles. The summed E-state index contributed by atoms with van der Waals surface area (Å²) in [5.74, 6) is -0.591. The van der Waals surface area contributed by atoms with Gasteiger partial charge in [-0.05, 0) is 64.2 Å². The molecule has 0 fully saturated rings. The van der Waals surface area contributed by atoms with E-state index in [-0.39, 0.29) is 0 Å². The van der Waals surface area contributed by atoms with Gasteiger partial charge < -0.3 is 25.7 Å². The molecule has 6 nitrogen and oxygen atoms in total. The zero-order valence-corrected chi connectivity index (χ0v) is 43.8. The summed E-state index contributed by atoms with van der Waals surface area (Å²) in [5.41, 5.74) is 0. The molecule has 0 saturated heterocycles. The summed E-state index contributed by atoms with van der Waals surface area (Å²) in [5, 5.41) is 44.0. The van der Waals surface area contributed by atoms with Gasteiger partial charge in [-0.15, -0.1) is 0 Å². The lowest BCUT2D eigenvalue weighted by atomic mass is 10.00. The van der Waals surface area contributed by atoms with Gasteiger partial charge in [0.15, 0.2) is 0 Å². The number of hydrogen-bond donors (Lipinski definition) is 5. The van der Waals surface area contributed by atoms with Crippen molar-refractivity contribution in [1.29, 1.82) is 0 Å². The molecule has 5 N–H and O–H groups in total. The standard InChI is InChI=1S/C59H115NO5/c1-3-5-7-9-11-13-15-17-19-21-23-25-27-29-31-32-34-36-38-40-42-44-46-48-50-52-56(62)58(64)55(54-61)60-59(65)57(63)53-51-49-47-45-43-41-39-37-35-33-30-28-26-24-22-20-18-16-14-12-10-8-6-4-2/h30,33,44,46,55-58,61-64H,3-29,31-32,34-43,45,47-54H2,1-2H3,(H,60,65)/b33-30-,46-44+. The number of nitrogens with one attached hydrogen (secondary N) is 1.